The summed E-state index contributed by atoms with van der Waals surface area (Å²) in [6.07, 6.45) is 2.55. The molecule has 0 saturated carbocycles. The summed E-state index contributed by atoms with van der Waals surface area (Å²) in [6.45, 7) is 0. The number of rotatable bonds is 5. The minimum absolute atomic E-state index is 0.116. The predicted molar refractivity (Wildman–Crippen MR) is 69.3 cm³/mol. The molecule has 0 aliphatic carbocycles. The van der Waals surface area contributed by atoms with Crippen molar-refractivity contribution in [2.45, 2.75) is 4.90 Å². The lowest BCUT2D eigenvalue weighted by molar-refractivity contribution is 0.0691. The number of H-pyrrole nitrogens is 1. The highest BCUT2D eigenvalue weighted by Crippen LogP contribution is 2.23. The van der Waals surface area contributed by atoms with Crippen molar-refractivity contribution in [1.29, 1.82) is 0 Å². The zero-order valence-corrected chi connectivity index (χ0v) is 11.1. The average molecular weight is 297 g/mol. The fourth-order valence-corrected chi connectivity index (χ4v) is 2.54. The number of aromatic carboxylic acids is 1. The van der Waals surface area contributed by atoms with Crippen molar-refractivity contribution in [3.63, 3.8) is 0 Å². The van der Waals surface area contributed by atoms with Crippen molar-refractivity contribution in [3.8, 4) is 5.88 Å². The number of carboxylic acid groups (broad SMARTS) is 1. The van der Waals surface area contributed by atoms with Gasteiger partial charge in [-0.2, -0.15) is 0 Å². The van der Waals surface area contributed by atoms with Gasteiger partial charge in [-0.25, -0.2) is 18.2 Å². The number of ether oxygens (including phenoxy) is 1. The first-order valence-electron chi connectivity index (χ1n) is 5.37. The minimum atomic E-state index is -3.92. The Morgan fingerprint density at radius 3 is 2.85 bits per heavy atom. The molecular weight excluding hydrogens is 286 g/mol. The van der Waals surface area contributed by atoms with Gasteiger partial charge in [0.2, 0.25) is 5.88 Å². The first-order chi connectivity index (χ1) is 9.44. The summed E-state index contributed by atoms with van der Waals surface area (Å²) in [5.41, 5.74) is -0.0587. The first-order valence-corrected chi connectivity index (χ1v) is 6.86. The van der Waals surface area contributed by atoms with E-state index in [1.54, 1.807) is 6.07 Å². The molecule has 0 aromatic carbocycles. The number of hydrogen-bond donors (Lipinski definition) is 3. The number of aromatic amines is 1. The fourth-order valence-electron chi connectivity index (χ4n) is 1.49. The van der Waals surface area contributed by atoms with E-state index in [9.17, 15) is 13.2 Å². The van der Waals surface area contributed by atoms with Crippen LogP contribution in [-0.4, -0.2) is 36.6 Å². The van der Waals surface area contributed by atoms with E-state index in [1.165, 1.54) is 19.4 Å². The molecule has 0 amide bonds. The van der Waals surface area contributed by atoms with Gasteiger partial charge in [-0.15, -0.1) is 0 Å². The molecule has 0 radical (unpaired) electrons. The Hall–Kier alpha value is -2.55. The highest BCUT2D eigenvalue weighted by atomic mass is 32.2. The largest absolute Gasteiger partial charge is 0.480 e. The third-order valence-corrected chi connectivity index (χ3v) is 3.75. The summed E-state index contributed by atoms with van der Waals surface area (Å²) in [5.74, 6) is -1.13. The van der Waals surface area contributed by atoms with E-state index in [4.69, 9.17) is 9.84 Å². The SMILES string of the molecule is COc1ncccc1NS(=O)(=O)c1c[nH]c(C(=O)O)c1. The third-order valence-electron chi connectivity index (χ3n) is 2.41. The van der Waals surface area contributed by atoms with Crippen LogP contribution in [0.15, 0.2) is 35.5 Å². The zero-order chi connectivity index (χ0) is 14.8. The van der Waals surface area contributed by atoms with Gasteiger partial charge in [-0.05, 0) is 18.2 Å². The van der Waals surface area contributed by atoms with Crippen LogP contribution < -0.4 is 9.46 Å². The van der Waals surface area contributed by atoms with Gasteiger partial charge in [0, 0.05) is 12.4 Å². The van der Waals surface area contributed by atoms with Gasteiger partial charge in [-0.3, -0.25) is 4.72 Å². The molecule has 0 atom stereocenters. The molecule has 8 nitrogen and oxygen atoms in total. The number of sulfonamides is 1. The second-order valence-corrected chi connectivity index (χ2v) is 5.40. The number of nitrogens with one attached hydrogen (secondary N) is 2. The highest BCUT2D eigenvalue weighted by molar-refractivity contribution is 7.92. The Morgan fingerprint density at radius 1 is 1.50 bits per heavy atom. The predicted octanol–water partition coefficient (Wildman–Crippen LogP) is 0.917. The van der Waals surface area contributed by atoms with Crippen LogP contribution in [0.25, 0.3) is 0 Å². The molecule has 0 fully saturated rings. The number of pyridine rings is 1. The second kappa shape index (κ2) is 5.21. The summed E-state index contributed by atoms with van der Waals surface area (Å²) in [4.78, 5) is 16.7. The molecule has 20 heavy (non-hydrogen) atoms. The average Bonchev–Trinajstić information content (AvgIpc) is 2.89. The molecule has 2 aromatic heterocycles. The van der Waals surface area contributed by atoms with E-state index >= 15 is 0 Å². The summed E-state index contributed by atoms with van der Waals surface area (Å²) in [7, 11) is -2.56. The first kappa shape index (κ1) is 13.9. The Bertz CT molecular complexity index is 738. The van der Waals surface area contributed by atoms with Crippen molar-refractivity contribution in [2.75, 3.05) is 11.8 Å². The number of methoxy groups -OCH3 is 1. The molecule has 0 spiro atoms. The molecule has 2 aromatic rings. The Morgan fingerprint density at radius 2 is 2.25 bits per heavy atom. The second-order valence-electron chi connectivity index (χ2n) is 3.72. The number of anilines is 1. The number of carbonyl (C=O) groups is 1. The maximum Gasteiger partial charge on any atom is 0.352 e. The van der Waals surface area contributed by atoms with Gasteiger partial charge in [0.25, 0.3) is 10.0 Å². The Labute approximate surface area is 114 Å². The highest BCUT2D eigenvalue weighted by Gasteiger charge is 2.20. The van der Waals surface area contributed by atoms with Gasteiger partial charge in [0.15, 0.2) is 0 Å². The van der Waals surface area contributed by atoms with Crippen LogP contribution >= 0.6 is 0 Å². The number of carboxylic acids is 1. The molecule has 106 valence electrons. The Kier molecular flexibility index (Phi) is 3.61. The molecule has 0 unspecified atom stereocenters. The van der Waals surface area contributed by atoms with Gasteiger partial charge >= 0.3 is 5.97 Å². The number of nitrogens with zero attached hydrogens (tertiary/aromatic N) is 1. The maximum atomic E-state index is 12.1. The van der Waals surface area contributed by atoms with Crippen molar-refractivity contribution >= 4 is 21.7 Å². The summed E-state index contributed by atoms with van der Waals surface area (Å²) in [5, 5.41) is 8.76. The lowest BCUT2D eigenvalue weighted by Gasteiger charge is -2.09. The smallest absolute Gasteiger partial charge is 0.352 e. The van der Waals surface area contributed by atoms with Crippen molar-refractivity contribution in [1.82, 2.24) is 9.97 Å². The summed E-state index contributed by atoms with van der Waals surface area (Å²) in [6, 6.07) is 4.04. The number of aromatic nitrogens is 2. The van der Waals surface area contributed by atoms with Crippen molar-refractivity contribution in [2.24, 2.45) is 0 Å². The van der Waals surface area contributed by atoms with Crippen LogP contribution in [0.5, 0.6) is 5.88 Å². The van der Waals surface area contributed by atoms with Crippen LogP contribution in [-0.2, 0) is 10.0 Å². The fraction of sp³-hybridized carbons (Fsp3) is 0.0909. The van der Waals surface area contributed by atoms with E-state index in [1.807, 2.05) is 0 Å². The molecule has 0 aliphatic heterocycles. The van der Waals surface area contributed by atoms with E-state index in [2.05, 4.69) is 14.7 Å². The molecule has 0 aliphatic rings. The van der Waals surface area contributed by atoms with Crippen LogP contribution in [0.1, 0.15) is 10.5 Å². The van der Waals surface area contributed by atoms with Crippen LogP contribution in [0.4, 0.5) is 5.69 Å². The van der Waals surface area contributed by atoms with Gasteiger partial charge in [0.1, 0.15) is 16.3 Å². The van der Waals surface area contributed by atoms with Gasteiger partial charge < -0.3 is 14.8 Å². The van der Waals surface area contributed by atoms with Crippen LogP contribution in [0.3, 0.4) is 0 Å². The van der Waals surface area contributed by atoms with E-state index < -0.39 is 16.0 Å². The normalized spacial score (nSPS) is 11.1. The molecule has 0 bridgehead atoms. The monoisotopic (exact) mass is 297 g/mol. The van der Waals surface area contributed by atoms with Crippen molar-refractivity contribution < 1.29 is 23.1 Å². The molecule has 0 saturated heterocycles. The molecule has 3 N–H and O–H groups in total. The van der Waals surface area contributed by atoms with E-state index in [-0.39, 0.29) is 22.2 Å². The lowest BCUT2D eigenvalue weighted by Crippen LogP contribution is -2.13. The molecule has 2 heterocycles. The molecule has 2 rings (SSSR count). The lowest BCUT2D eigenvalue weighted by atomic mass is 10.4. The van der Waals surface area contributed by atoms with Crippen molar-refractivity contribution in [3.05, 3.63) is 36.3 Å². The minimum Gasteiger partial charge on any atom is -0.480 e. The summed E-state index contributed by atoms with van der Waals surface area (Å²) < 4.78 is 31.4. The molecular formula is C11H11N3O5S. The maximum absolute atomic E-state index is 12.1. The topological polar surface area (TPSA) is 121 Å². The standard InChI is InChI=1S/C11H11N3O5S/c1-19-10-8(3-2-4-12-10)14-20(17,18)7-5-9(11(15)16)13-6-7/h2-6,13-14H,1H3,(H,15,16). The number of hydrogen-bond acceptors (Lipinski definition) is 5. The van der Waals surface area contributed by atoms with Crippen LogP contribution in [0.2, 0.25) is 0 Å². The zero-order valence-electron chi connectivity index (χ0n) is 10.3. The Balaban J connectivity index is 2.33. The third kappa shape index (κ3) is 2.72. The van der Waals surface area contributed by atoms with Gasteiger partial charge in [-0.1, -0.05) is 0 Å². The quantitative estimate of drug-likeness (QED) is 0.754. The summed E-state index contributed by atoms with van der Waals surface area (Å²) >= 11 is 0. The molecule has 9 heteroatoms. The van der Waals surface area contributed by atoms with E-state index in [0.717, 1.165) is 12.3 Å². The van der Waals surface area contributed by atoms with E-state index in [0.29, 0.717) is 0 Å². The van der Waals surface area contributed by atoms with Gasteiger partial charge in [0.05, 0.1) is 7.11 Å². The van der Waals surface area contributed by atoms with Crippen LogP contribution in [0, 0.1) is 0 Å².